The first-order valence-corrected chi connectivity index (χ1v) is 8.05. The predicted octanol–water partition coefficient (Wildman–Crippen LogP) is 3.82. The molecule has 0 spiro atoms. The Hall–Kier alpha value is -1.29. The molecule has 21 heavy (non-hydrogen) atoms. The van der Waals surface area contributed by atoms with Gasteiger partial charge >= 0.3 is 0 Å². The van der Waals surface area contributed by atoms with Gasteiger partial charge in [0.25, 0.3) is 5.91 Å². The van der Waals surface area contributed by atoms with Gasteiger partial charge in [-0.05, 0) is 37.7 Å². The van der Waals surface area contributed by atoms with Crippen molar-refractivity contribution in [2.45, 2.75) is 45.1 Å². The number of nitrogens with one attached hydrogen (secondary N) is 1. The second-order valence-corrected chi connectivity index (χ2v) is 6.21. The predicted molar refractivity (Wildman–Crippen MR) is 86.9 cm³/mol. The largest absolute Gasteiger partial charge is 0.372 e. The van der Waals surface area contributed by atoms with Crippen molar-refractivity contribution >= 4 is 23.3 Å². The zero-order valence-electron chi connectivity index (χ0n) is 13.0. The fraction of sp³-hybridized carbons (Fsp3) is 0.625. The Morgan fingerprint density at radius 1 is 1.43 bits per heavy atom. The number of amides is 1. The molecule has 5 heteroatoms. The molecule has 0 bridgehead atoms. The summed E-state index contributed by atoms with van der Waals surface area (Å²) < 4.78 is 0. The fourth-order valence-electron chi connectivity index (χ4n) is 3.05. The molecule has 1 fully saturated rings. The number of aromatic nitrogens is 1. The summed E-state index contributed by atoms with van der Waals surface area (Å²) >= 11 is 6.11. The van der Waals surface area contributed by atoms with Crippen molar-refractivity contribution in [3.05, 3.63) is 22.8 Å². The van der Waals surface area contributed by atoms with Gasteiger partial charge in [-0.15, -0.1) is 0 Å². The first kappa shape index (κ1) is 16.1. The van der Waals surface area contributed by atoms with Gasteiger partial charge in [-0.25, -0.2) is 4.98 Å². The first-order chi connectivity index (χ1) is 10.1. The van der Waals surface area contributed by atoms with E-state index in [1.807, 2.05) is 11.9 Å². The highest BCUT2D eigenvalue weighted by Crippen LogP contribution is 2.30. The Labute approximate surface area is 131 Å². The minimum absolute atomic E-state index is 0.00648. The van der Waals surface area contributed by atoms with E-state index in [9.17, 15) is 4.79 Å². The van der Waals surface area contributed by atoms with E-state index in [1.54, 1.807) is 19.3 Å². The quantitative estimate of drug-likeness (QED) is 0.919. The molecule has 0 aromatic carbocycles. The average Bonchev–Trinajstić information content (AvgIpc) is 2.53. The van der Waals surface area contributed by atoms with Crippen LogP contribution in [0, 0.1) is 5.92 Å². The van der Waals surface area contributed by atoms with Gasteiger partial charge in [0.1, 0.15) is 5.82 Å². The maximum atomic E-state index is 12.6. The Bertz CT molecular complexity index is 498. The van der Waals surface area contributed by atoms with E-state index in [0.29, 0.717) is 22.4 Å². The number of carbonyl (C=O) groups is 1. The van der Waals surface area contributed by atoms with Crippen LogP contribution in [0.15, 0.2) is 12.3 Å². The van der Waals surface area contributed by atoms with Crippen molar-refractivity contribution in [3.8, 4) is 0 Å². The molecule has 0 aliphatic heterocycles. The Morgan fingerprint density at radius 3 is 2.62 bits per heavy atom. The SMILES string of the molecule is CCC1CCC(N(C)C(=O)c2cnc(NC)c(Cl)c2)CC1. The average molecular weight is 310 g/mol. The molecule has 4 nitrogen and oxygen atoms in total. The van der Waals surface area contributed by atoms with E-state index in [2.05, 4.69) is 17.2 Å². The van der Waals surface area contributed by atoms with Gasteiger partial charge in [0.05, 0.1) is 10.6 Å². The highest BCUT2D eigenvalue weighted by atomic mass is 35.5. The van der Waals surface area contributed by atoms with Crippen LogP contribution in [-0.4, -0.2) is 35.9 Å². The van der Waals surface area contributed by atoms with E-state index < -0.39 is 0 Å². The summed E-state index contributed by atoms with van der Waals surface area (Å²) in [6.45, 7) is 2.25. The maximum Gasteiger partial charge on any atom is 0.255 e. The minimum atomic E-state index is 0.00648. The topological polar surface area (TPSA) is 45.2 Å². The molecule has 0 saturated heterocycles. The van der Waals surface area contributed by atoms with E-state index >= 15 is 0 Å². The summed E-state index contributed by atoms with van der Waals surface area (Å²) in [6.07, 6.45) is 7.46. The number of carbonyl (C=O) groups excluding carboxylic acids is 1. The second-order valence-electron chi connectivity index (χ2n) is 5.80. The summed E-state index contributed by atoms with van der Waals surface area (Å²) in [7, 11) is 3.65. The molecule has 0 atom stereocenters. The van der Waals surface area contributed by atoms with Crippen molar-refractivity contribution in [1.82, 2.24) is 9.88 Å². The molecule has 1 amide bonds. The fourth-order valence-corrected chi connectivity index (χ4v) is 3.31. The number of hydrogen-bond acceptors (Lipinski definition) is 3. The number of hydrogen-bond donors (Lipinski definition) is 1. The lowest BCUT2D eigenvalue weighted by Crippen LogP contribution is -2.39. The smallest absolute Gasteiger partial charge is 0.255 e. The normalized spacial score (nSPS) is 21.9. The molecule has 0 radical (unpaired) electrons. The van der Waals surface area contributed by atoms with Crippen molar-refractivity contribution < 1.29 is 4.79 Å². The third-order valence-corrected chi connectivity index (χ3v) is 4.87. The molecule has 116 valence electrons. The van der Waals surface area contributed by atoms with Crippen LogP contribution in [0.2, 0.25) is 5.02 Å². The lowest BCUT2D eigenvalue weighted by molar-refractivity contribution is 0.0674. The van der Waals surface area contributed by atoms with Crippen molar-refractivity contribution in [3.63, 3.8) is 0 Å². The van der Waals surface area contributed by atoms with Crippen LogP contribution >= 0.6 is 11.6 Å². The van der Waals surface area contributed by atoms with Crippen LogP contribution in [-0.2, 0) is 0 Å². The Kier molecular flexibility index (Phi) is 5.45. The molecule has 2 rings (SSSR count). The molecule has 0 unspecified atom stereocenters. The zero-order chi connectivity index (χ0) is 15.4. The van der Waals surface area contributed by atoms with Gasteiger partial charge in [-0.1, -0.05) is 24.9 Å². The molecule has 1 aliphatic rings. The lowest BCUT2D eigenvalue weighted by atomic mass is 9.84. The molecule has 1 N–H and O–H groups in total. The minimum Gasteiger partial charge on any atom is -0.372 e. The highest BCUT2D eigenvalue weighted by molar-refractivity contribution is 6.33. The van der Waals surface area contributed by atoms with Gasteiger partial charge in [0.2, 0.25) is 0 Å². The van der Waals surface area contributed by atoms with Crippen LogP contribution < -0.4 is 5.32 Å². The van der Waals surface area contributed by atoms with E-state index in [0.717, 1.165) is 18.8 Å². The number of pyridine rings is 1. The number of rotatable bonds is 4. The van der Waals surface area contributed by atoms with E-state index in [1.165, 1.54) is 19.3 Å². The third kappa shape index (κ3) is 3.67. The van der Waals surface area contributed by atoms with Gasteiger partial charge < -0.3 is 10.2 Å². The van der Waals surface area contributed by atoms with Gasteiger partial charge in [-0.2, -0.15) is 0 Å². The van der Waals surface area contributed by atoms with Crippen LogP contribution in [0.4, 0.5) is 5.82 Å². The van der Waals surface area contributed by atoms with Crippen LogP contribution in [0.3, 0.4) is 0 Å². The van der Waals surface area contributed by atoms with Crippen molar-refractivity contribution in [2.75, 3.05) is 19.4 Å². The Morgan fingerprint density at radius 2 is 2.10 bits per heavy atom. The summed E-state index contributed by atoms with van der Waals surface area (Å²) in [6, 6.07) is 2.03. The van der Waals surface area contributed by atoms with Crippen molar-refractivity contribution in [1.29, 1.82) is 0 Å². The van der Waals surface area contributed by atoms with Crippen molar-refractivity contribution in [2.24, 2.45) is 5.92 Å². The van der Waals surface area contributed by atoms with Crippen LogP contribution in [0.5, 0.6) is 0 Å². The monoisotopic (exact) mass is 309 g/mol. The summed E-state index contributed by atoms with van der Waals surface area (Å²) in [5, 5.41) is 3.38. The van der Waals surface area contributed by atoms with E-state index in [4.69, 9.17) is 11.6 Å². The molecular weight excluding hydrogens is 286 g/mol. The zero-order valence-corrected chi connectivity index (χ0v) is 13.8. The Balaban J connectivity index is 2.04. The first-order valence-electron chi connectivity index (χ1n) is 7.67. The lowest BCUT2D eigenvalue weighted by Gasteiger charge is -2.34. The summed E-state index contributed by atoms with van der Waals surface area (Å²) in [4.78, 5) is 18.6. The van der Waals surface area contributed by atoms with Gasteiger partial charge in [-0.3, -0.25) is 4.79 Å². The third-order valence-electron chi connectivity index (χ3n) is 4.59. The number of nitrogens with zero attached hydrogens (tertiary/aromatic N) is 2. The molecule has 1 aromatic rings. The van der Waals surface area contributed by atoms with Gasteiger partial charge in [0.15, 0.2) is 0 Å². The summed E-state index contributed by atoms with van der Waals surface area (Å²) in [5.41, 5.74) is 0.555. The van der Waals surface area contributed by atoms with Crippen LogP contribution in [0.1, 0.15) is 49.4 Å². The van der Waals surface area contributed by atoms with E-state index in [-0.39, 0.29) is 5.91 Å². The molecule has 1 heterocycles. The van der Waals surface area contributed by atoms with Gasteiger partial charge in [0, 0.05) is 26.3 Å². The van der Waals surface area contributed by atoms with Crippen LogP contribution in [0.25, 0.3) is 0 Å². The second kappa shape index (κ2) is 7.12. The summed E-state index contributed by atoms with van der Waals surface area (Å²) in [5.74, 6) is 1.43. The highest BCUT2D eigenvalue weighted by Gasteiger charge is 2.26. The molecule has 1 aliphatic carbocycles. The molecule has 1 aromatic heterocycles. The number of anilines is 1. The maximum absolute atomic E-state index is 12.6. The number of halogens is 1. The molecule has 1 saturated carbocycles. The molecular formula is C16H24ClN3O. The standard InChI is InChI=1S/C16H24ClN3O/c1-4-11-5-7-13(8-6-11)20(3)16(21)12-9-14(17)15(18-2)19-10-12/h9-11,13H,4-8H2,1-3H3,(H,18,19).